The summed E-state index contributed by atoms with van der Waals surface area (Å²) in [7, 11) is 0. The maximum atomic E-state index is 13.1. The summed E-state index contributed by atoms with van der Waals surface area (Å²) in [5.74, 6) is -1.69. The first kappa shape index (κ1) is 10.1. The highest BCUT2D eigenvalue weighted by Gasteiger charge is 2.14. The molecule has 0 aliphatic heterocycles. The second-order valence-corrected chi connectivity index (χ2v) is 3.76. The first-order chi connectivity index (χ1) is 7.00. The van der Waals surface area contributed by atoms with Crippen molar-refractivity contribution in [2.45, 2.75) is 19.9 Å². The third-order valence-corrected chi connectivity index (χ3v) is 2.53. The van der Waals surface area contributed by atoms with Gasteiger partial charge in [-0.15, -0.1) is 0 Å². The summed E-state index contributed by atoms with van der Waals surface area (Å²) < 4.78 is 26.0. The summed E-state index contributed by atoms with van der Waals surface area (Å²) in [5.41, 5.74) is 8.05. The average molecular weight is 210 g/mol. The molecule has 1 unspecified atom stereocenters. The Kier molecular flexibility index (Phi) is 2.23. The fourth-order valence-corrected chi connectivity index (χ4v) is 1.93. The lowest BCUT2D eigenvalue weighted by Crippen LogP contribution is -2.05. The normalized spacial score (nSPS) is 13.4. The van der Waals surface area contributed by atoms with Gasteiger partial charge in [0.15, 0.2) is 11.6 Å². The van der Waals surface area contributed by atoms with Crippen molar-refractivity contribution in [1.82, 2.24) is 4.98 Å². The van der Waals surface area contributed by atoms with E-state index in [2.05, 4.69) is 4.98 Å². The topological polar surface area (TPSA) is 41.8 Å². The van der Waals surface area contributed by atoms with Gasteiger partial charge in [0.1, 0.15) is 0 Å². The SMILES string of the molecule is Cc1[nH]c2cc(F)c(F)cc2c1C(C)N. The molecular weight excluding hydrogens is 198 g/mol. The van der Waals surface area contributed by atoms with E-state index in [1.165, 1.54) is 6.07 Å². The molecule has 0 fully saturated rings. The molecule has 0 saturated carbocycles. The van der Waals surface area contributed by atoms with Crippen LogP contribution in [0.5, 0.6) is 0 Å². The molecule has 0 amide bonds. The number of nitrogens with one attached hydrogen (secondary N) is 1. The molecule has 3 N–H and O–H groups in total. The van der Waals surface area contributed by atoms with E-state index in [1.807, 2.05) is 13.8 Å². The van der Waals surface area contributed by atoms with Crippen molar-refractivity contribution in [3.63, 3.8) is 0 Å². The maximum absolute atomic E-state index is 13.1. The smallest absolute Gasteiger partial charge is 0.160 e. The van der Waals surface area contributed by atoms with E-state index in [9.17, 15) is 8.78 Å². The van der Waals surface area contributed by atoms with E-state index >= 15 is 0 Å². The van der Waals surface area contributed by atoms with Gasteiger partial charge in [0.05, 0.1) is 0 Å². The zero-order valence-electron chi connectivity index (χ0n) is 8.57. The Morgan fingerprint density at radius 2 is 1.87 bits per heavy atom. The van der Waals surface area contributed by atoms with Gasteiger partial charge in [0, 0.05) is 28.7 Å². The monoisotopic (exact) mass is 210 g/mol. The molecule has 0 spiro atoms. The summed E-state index contributed by atoms with van der Waals surface area (Å²) in [6, 6.07) is 2.14. The Labute approximate surface area is 86.1 Å². The van der Waals surface area contributed by atoms with Crippen LogP contribution in [0, 0.1) is 18.6 Å². The highest BCUT2D eigenvalue weighted by Crippen LogP contribution is 2.28. The van der Waals surface area contributed by atoms with Crippen LogP contribution in [0.2, 0.25) is 0 Å². The third kappa shape index (κ3) is 1.51. The van der Waals surface area contributed by atoms with E-state index in [0.717, 1.165) is 17.3 Å². The molecule has 2 nitrogen and oxygen atoms in total. The fourth-order valence-electron chi connectivity index (χ4n) is 1.93. The van der Waals surface area contributed by atoms with Gasteiger partial charge in [0.25, 0.3) is 0 Å². The van der Waals surface area contributed by atoms with Crippen LogP contribution in [0.1, 0.15) is 24.2 Å². The third-order valence-electron chi connectivity index (χ3n) is 2.53. The molecule has 2 rings (SSSR count). The highest BCUT2D eigenvalue weighted by molar-refractivity contribution is 5.85. The molecule has 2 aromatic rings. The predicted molar refractivity (Wildman–Crippen MR) is 55.6 cm³/mol. The summed E-state index contributed by atoms with van der Waals surface area (Å²) in [4.78, 5) is 2.99. The van der Waals surface area contributed by atoms with E-state index < -0.39 is 11.6 Å². The molecule has 0 aliphatic rings. The van der Waals surface area contributed by atoms with Crippen molar-refractivity contribution in [2.75, 3.05) is 0 Å². The Morgan fingerprint density at radius 1 is 1.27 bits per heavy atom. The lowest BCUT2D eigenvalue weighted by Gasteiger charge is -2.05. The summed E-state index contributed by atoms with van der Waals surface area (Å²) >= 11 is 0. The fraction of sp³-hybridized carbons (Fsp3) is 0.273. The van der Waals surface area contributed by atoms with Crippen LogP contribution in [0.25, 0.3) is 10.9 Å². The first-order valence-corrected chi connectivity index (χ1v) is 4.73. The van der Waals surface area contributed by atoms with Crippen molar-refractivity contribution in [3.8, 4) is 0 Å². The Bertz CT molecular complexity index is 515. The number of hydrogen-bond acceptors (Lipinski definition) is 1. The van der Waals surface area contributed by atoms with Crippen molar-refractivity contribution < 1.29 is 8.78 Å². The molecule has 0 aliphatic carbocycles. The quantitative estimate of drug-likeness (QED) is 0.746. The van der Waals surface area contributed by atoms with Gasteiger partial charge < -0.3 is 10.7 Å². The Hall–Kier alpha value is -1.42. The molecule has 80 valence electrons. The van der Waals surface area contributed by atoms with Crippen molar-refractivity contribution in [2.24, 2.45) is 5.73 Å². The largest absolute Gasteiger partial charge is 0.358 e. The number of aromatic nitrogens is 1. The first-order valence-electron chi connectivity index (χ1n) is 4.73. The summed E-state index contributed by atoms with van der Waals surface area (Å²) in [5, 5.41) is 0.654. The minimum absolute atomic E-state index is 0.205. The Morgan fingerprint density at radius 3 is 2.47 bits per heavy atom. The number of H-pyrrole nitrogens is 1. The number of rotatable bonds is 1. The zero-order valence-corrected chi connectivity index (χ0v) is 8.57. The maximum Gasteiger partial charge on any atom is 0.160 e. The number of halogens is 2. The zero-order chi connectivity index (χ0) is 11.2. The van der Waals surface area contributed by atoms with Crippen LogP contribution in [-0.4, -0.2) is 4.98 Å². The second-order valence-electron chi connectivity index (χ2n) is 3.76. The molecule has 0 saturated heterocycles. The number of benzene rings is 1. The number of aryl methyl sites for hydroxylation is 1. The van der Waals surface area contributed by atoms with Crippen LogP contribution in [-0.2, 0) is 0 Å². The van der Waals surface area contributed by atoms with Crippen LogP contribution < -0.4 is 5.73 Å². The number of nitrogens with two attached hydrogens (primary N) is 1. The van der Waals surface area contributed by atoms with Crippen LogP contribution >= 0.6 is 0 Å². The van der Waals surface area contributed by atoms with Crippen LogP contribution in [0.3, 0.4) is 0 Å². The lowest BCUT2D eigenvalue weighted by atomic mass is 10.1. The van der Waals surface area contributed by atoms with Gasteiger partial charge in [0.2, 0.25) is 0 Å². The second kappa shape index (κ2) is 3.31. The highest BCUT2D eigenvalue weighted by atomic mass is 19.2. The van der Waals surface area contributed by atoms with Crippen molar-refractivity contribution in [3.05, 3.63) is 35.0 Å². The molecular formula is C11H12F2N2. The van der Waals surface area contributed by atoms with Crippen LogP contribution in [0.15, 0.2) is 12.1 Å². The van der Waals surface area contributed by atoms with Gasteiger partial charge in [-0.05, 0) is 25.5 Å². The Balaban J connectivity index is 2.81. The van der Waals surface area contributed by atoms with Gasteiger partial charge in [-0.3, -0.25) is 0 Å². The number of hydrogen-bond donors (Lipinski definition) is 2. The number of fused-ring (bicyclic) bond motifs is 1. The minimum atomic E-state index is -0.847. The molecule has 1 aromatic carbocycles. The summed E-state index contributed by atoms with van der Waals surface area (Å²) in [6.07, 6.45) is 0. The van der Waals surface area contributed by atoms with E-state index in [0.29, 0.717) is 10.9 Å². The molecule has 0 radical (unpaired) electrons. The van der Waals surface area contributed by atoms with Crippen molar-refractivity contribution >= 4 is 10.9 Å². The molecule has 15 heavy (non-hydrogen) atoms. The molecule has 1 atom stereocenters. The molecule has 4 heteroatoms. The summed E-state index contributed by atoms with van der Waals surface area (Å²) in [6.45, 7) is 3.66. The van der Waals surface area contributed by atoms with Crippen molar-refractivity contribution in [1.29, 1.82) is 0 Å². The van der Waals surface area contributed by atoms with E-state index in [-0.39, 0.29) is 6.04 Å². The average Bonchev–Trinajstić information content (AvgIpc) is 2.41. The standard InChI is InChI=1S/C11H12F2N2/c1-5(14)11-6(2)15-10-4-9(13)8(12)3-7(10)11/h3-5,15H,14H2,1-2H3. The molecule has 0 bridgehead atoms. The van der Waals surface area contributed by atoms with Gasteiger partial charge in [-0.2, -0.15) is 0 Å². The van der Waals surface area contributed by atoms with Gasteiger partial charge in [-0.25, -0.2) is 8.78 Å². The van der Waals surface area contributed by atoms with Gasteiger partial charge >= 0.3 is 0 Å². The van der Waals surface area contributed by atoms with E-state index in [4.69, 9.17) is 5.73 Å². The van der Waals surface area contributed by atoms with Gasteiger partial charge in [-0.1, -0.05) is 0 Å². The molecule has 1 aromatic heterocycles. The molecule has 1 heterocycles. The number of aromatic amines is 1. The van der Waals surface area contributed by atoms with E-state index in [1.54, 1.807) is 0 Å². The minimum Gasteiger partial charge on any atom is -0.358 e. The van der Waals surface area contributed by atoms with Crippen LogP contribution in [0.4, 0.5) is 8.78 Å². The predicted octanol–water partition coefficient (Wildman–Crippen LogP) is 2.77. The lowest BCUT2D eigenvalue weighted by molar-refractivity contribution is 0.510.